The number of halogens is 1. The van der Waals surface area contributed by atoms with Crippen LogP contribution in [0.25, 0.3) is 10.9 Å². The van der Waals surface area contributed by atoms with Gasteiger partial charge in [0.05, 0.1) is 5.52 Å². The number of aromatic nitrogens is 2. The fourth-order valence-corrected chi connectivity index (χ4v) is 5.08. The summed E-state index contributed by atoms with van der Waals surface area (Å²) in [7, 11) is 0. The zero-order valence-electron chi connectivity index (χ0n) is 17.9. The number of rotatable bonds is 8. The molecule has 1 aliphatic rings. The molecule has 2 aromatic heterocycles. The van der Waals surface area contributed by atoms with Crippen molar-refractivity contribution in [2.45, 2.75) is 49.6 Å². The van der Waals surface area contributed by atoms with Gasteiger partial charge in [0.1, 0.15) is 17.4 Å². The van der Waals surface area contributed by atoms with Gasteiger partial charge in [-0.15, -0.1) is 11.8 Å². The largest absolute Gasteiger partial charge is 0.353 e. The Kier molecular flexibility index (Phi) is 7.25. The number of hydrogen-bond acceptors (Lipinski definition) is 4. The zero-order chi connectivity index (χ0) is 21.6. The van der Waals surface area contributed by atoms with Crippen molar-refractivity contribution in [3.8, 4) is 0 Å². The summed E-state index contributed by atoms with van der Waals surface area (Å²) in [6, 6.07) is 11.1. The van der Waals surface area contributed by atoms with Crippen molar-refractivity contribution in [1.29, 1.82) is 0 Å². The van der Waals surface area contributed by atoms with Crippen molar-refractivity contribution < 1.29 is 9.18 Å². The van der Waals surface area contributed by atoms with Crippen molar-refractivity contribution in [2.24, 2.45) is 0 Å². The molecular formula is C24H29FN4OS. The van der Waals surface area contributed by atoms with E-state index in [1.54, 1.807) is 30.1 Å². The second kappa shape index (κ2) is 10.3. The maximum Gasteiger partial charge on any atom is 0.239 e. The van der Waals surface area contributed by atoms with E-state index in [0.29, 0.717) is 24.9 Å². The monoisotopic (exact) mass is 440 g/mol. The molecule has 1 amide bonds. The minimum Gasteiger partial charge on any atom is -0.353 e. The minimum atomic E-state index is -0.227. The van der Waals surface area contributed by atoms with E-state index in [1.165, 1.54) is 31.4 Å². The Hall–Kier alpha value is -2.38. The smallest absolute Gasteiger partial charge is 0.239 e. The maximum absolute atomic E-state index is 13.1. The van der Waals surface area contributed by atoms with Gasteiger partial charge >= 0.3 is 0 Å². The van der Waals surface area contributed by atoms with Gasteiger partial charge in [-0.2, -0.15) is 0 Å². The Labute approximate surface area is 187 Å². The quantitative estimate of drug-likeness (QED) is 0.526. The van der Waals surface area contributed by atoms with Gasteiger partial charge in [-0.3, -0.25) is 9.69 Å². The molecule has 1 saturated heterocycles. The van der Waals surface area contributed by atoms with Crippen LogP contribution in [0.2, 0.25) is 0 Å². The highest BCUT2D eigenvalue weighted by Gasteiger charge is 2.17. The van der Waals surface area contributed by atoms with Gasteiger partial charge in [-0.25, -0.2) is 9.37 Å². The summed E-state index contributed by atoms with van der Waals surface area (Å²) in [5.74, 6) is 0.516. The molecule has 7 heteroatoms. The van der Waals surface area contributed by atoms with Crippen LogP contribution in [0.4, 0.5) is 4.39 Å². The maximum atomic E-state index is 13.1. The number of nitrogens with zero attached hydrogens (tertiary/aromatic N) is 3. The average Bonchev–Trinajstić information content (AvgIpc) is 3.18. The van der Waals surface area contributed by atoms with Gasteiger partial charge in [0.2, 0.25) is 5.91 Å². The van der Waals surface area contributed by atoms with Crippen LogP contribution < -0.4 is 5.32 Å². The second-order valence-corrected chi connectivity index (χ2v) is 9.10. The van der Waals surface area contributed by atoms with E-state index in [2.05, 4.69) is 22.1 Å². The highest BCUT2D eigenvalue weighted by molar-refractivity contribution is 7.98. The Morgan fingerprint density at radius 3 is 2.87 bits per heavy atom. The number of likely N-dealkylation sites (tertiary alicyclic amines) is 1. The number of piperidine rings is 1. The summed E-state index contributed by atoms with van der Waals surface area (Å²) in [4.78, 5) is 19.5. The number of thioether (sulfide) groups is 1. The van der Waals surface area contributed by atoms with Crippen LogP contribution in [0, 0.1) is 5.82 Å². The van der Waals surface area contributed by atoms with E-state index in [-0.39, 0.29) is 11.7 Å². The molecule has 4 rings (SSSR count). The molecule has 0 unspecified atom stereocenters. The van der Waals surface area contributed by atoms with Gasteiger partial charge < -0.3 is 9.88 Å². The highest BCUT2D eigenvalue weighted by Crippen LogP contribution is 2.29. The van der Waals surface area contributed by atoms with E-state index in [1.807, 2.05) is 22.9 Å². The standard InChI is InChI=1S/C24H29FN4OS/c1-18-4-2-3-13-28(18)15-12-26-23(30)16-29-14-10-21-22(29)9-11-27-24(21)31-17-19-5-7-20(25)8-6-19/h5-11,14,18H,2-4,12-13,15-17H2,1H3,(H,26,30)/t18-/m1/s1. The summed E-state index contributed by atoms with van der Waals surface area (Å²) >= 11 is 1.62. The molecule has 3 aromatic rings. The minimum absolute atomic E-state index is 0.0273. The number of carbonyl (C=O) groups is 1. The van der Waals surface area contributed by atoms with E-state index < -0.39 is 0 Å². The SMILES string of the molecule is C[C@@H]1CCCCN1CCNC(=O)Cn1ccc2c(SCc3ccc(F)cc3)nccc21. The summed E-state index contributed by atoms with van der Waals surface area (Å²) in [6.07, 6.45) is 7.54. The van der Waals surface area contributed by atoms with Gasteiger partial charge in [0, 0.05) is 42.7 Å². The molecule has 0 saturated carbocycles. The van der Waals surface area contributed by atoms with E-state index in [0.717, 1.165) is 34.6 Å². The summed E-state index contributed by atoms with van der Waals surface area (Å²) < 4.78 is 15.1. The Morgan fingerprint density at radius 1 is 1.23 bits per heavy atom. The van der Waals surface area contributed by atoms with Gasteiger partial charge in [-0.1, -0.05) is 18.6 Å². The normalized spacial score (nSPS) is 17.2. The van der Waals surface area contributed by atoms with Crippen molar-refractivity contribution in [1.82, 2.24) is 19.8 Å². The van der Waals surface area contributed by atoms with E-state index in [9.17, 15) is 9.18 Å². The molecular weight excluding hydrogens is 411 g/mol. The lowest BCUT2D eigenvalue weighted by Crippen LogP contribution is -2.42. The summed E-state index contributed by atoms with van der Waals surface area (Å²) in [5.41, 5.74) is 2.04. The molecule has 3 heterocycles. The number of nitrogens with one attached hydrogen (secondary N) is 1. The van der Waals surface area contributed by atoms with Crippen LogP contribution in [-0.4, -0.2) is 46.0 Å². The third-order valence-electron chi connectivity index (χ3n) is 5.93. The number of benzene rings is 1. The molecule has 1 aliphatic heterocycles. The first kappa shape index (κ1) is 21.8. The lowest BCUT2D eigenvalue weighted by atomic mass is 10.0. The van der Waals surface area contributed by atoms with Crippen LogP contribution in [0.15, 0.2) is 53.8 Å². The molecule has 0 aliphatic carbocycles. The number of pyridine rings is 1. The second-order valence-electron chi connectivity index (χ2n) is 8.14. The number of amides is 1. The highest BCUT2D eigenvalue weighted by atomic mass is 32.2. The molecule has 0 spiro atoms. The third-order valence-corrected chi connectivity index (χ3v) is 7.00. The van der Waals surface area contributed by atoms with Crippen LogP contribution in [0.3, 0.4) is 0 Å². The van der Waals surface area contributed by atoms with Crippen molar-refractivity contribution in [3.63, 3.8) is 0 Å². The molecule has 0 bridgehead atoms. The number of carbonyl (C=O) groups excluding carboxylic acids is 1. The average molecular weight is 441 g/mol. The number of hydrogen-bond donors (Lipinski definition) is 1. The van der Waals surface area contributed by atoms with Crippen LogP contribution in [0.5, 0.6) is 0 Å². The number of fused-ring (bicyclic) bond motifs is 1. The van der Waals surface area contributed by atoms with Gasteiger partial charge in [0.15, 0.2) is 0 Å². The van der Waals surface area contributed by atoms with Gasteiger partial charge in [-0.05, 0) is 56.1 Å². The third kappa shape index (κ3) is 5.66. The van der Waals surface area contributed by atoms with Crippen molar-refractivity contribution in [2.75, 3.05) is 19.6 Å². The summed E-state index contributed by atoms with van der Waals surface area (Å²) in [5, 5.41) is 5.02. The molecule has 164 valence electrons. The Balaban J connectivity index is 1.33. The molecule has 1 aromatic carbocycles. The topological polar surface area (TPSA) is 50.2 Å². The summed E-state index contributed by atoms with van der Waals surface area (Å²) in [6.45, 7) is 5.29. The van der Waals surface area contributed by atoms with Crippen molar-refractivity contribution in [3.05, 3.63) is 60.2 Å². The van der Waals surface area contributed by atoms with E-state index in [4.69, 9.17) is 0 Å². The van der Waals surface area contributed by atoms with Crippen LogP contribution >= 0.6 is 11.8 Å². The van der Waals surface area contributed by atoms with Gasteiger partial charge in [0.25, 0.3) is 0 Å². The first-order valence-electron chi connectivity index (χ1n) is 10.9. The van der Waals surface area contributed by atoms with Crippen LogP contribution in [0.1, 0.15) is 31.7 Å². The zero-order valence-corrected chi connectivity index (χ0v) is 18.7. The van der Waals surface area contributed by atoms with Crippen LogP contribution in [-0.2, 0) is 17.1 Å². The predicted octanol–water partition coefficient (Wildman–Crippen LogP) is 4.46. The molecule has 31 heavy (non-hydrogen) atoms. The lowest BCUT2D eigenvalue weighted by molar-refractivity contribution is -0.121. The fourth-order valence-electron chi connectivity index (χ4n) is 4.12. The molecule has 0 radical (unpaired) electrons. The lowest BCUT2D eigenvalue weighted by Gasteiger charge is -2.33. The Morgan fingerprint density at radius 2 is 2.06 bits per heavy atom. The fraction of sp³-hybridized carbons (Fsp3) is 0.417. The first-order chi connectivity index (χ1) is 15.1. The first-order valence-corrected chi connectivity index (χ1v) is 11.9. The Bertz CT molecular complexity index is 1020. The molecule has 1 fully saturated rings. The van der Waals surface area contributed by atoms with Crippen molar-refractivity contribution >= 4 is 28.6 Å². The predicted molar refractivity (Wildman–Crippen MR) is 124 cm³/mol. The van der Waals surface area contributed by atoms with E-state index >= 15 is 0 Å². The molecule has 5 nitrogen and oxygen atoms in total. The molecule has 1 N–H and O–H groups in total. The molecule has 1 atom stereocenters.